The Kier molecular flexibility index (Phi) is 8.23. The summed E-state index contributed by atoms with van der Waals surface area (Å²) in [6.45, 7) is 6.15. The van der Waals surface area contributed by atoms with Gasteiger partial charge < -0.3 is 10.5 Å². The van der Waals surface area contributed by atoms with Crippen LogP contribution in [0.25, 0.3) is 0 Å². The van der Waals surface area contributed by atoms with Crippen LogP contribution in [0.1, 0.15) is 43.7 Å². The van der Waals surface area contributed by atoms with Crippen molar-refractivity contribution in [2.24, 2.45) is 5.10 Å². The first-order valence-corrected chi connectivity index (χ1v) is 11.6. The lowest BCUT2D eigenvalue weighted by atomic mass is 10.1. The smallest absolute Gasteiger partial charge is 0.330 e. The molecule has 2 amide bonds. The number of aromatic amines is 1. The molecule has 0 saturated heterocycles. The standard InChI is InChI=1S/C24H32N6O5/c1-5-6-11-29-21(25)20(22(32)26-24(29)34)28(12-13-35-4)23(33)17-9-10-19(31)30(27-17)18-14-15(2)7-8-16(18)3/h7-8,14H,5-6,9-13,25H2,1-4H3,(H,26,32,34). The number of hydrogen-bond acceptors (Lipinski definition) is 7. The van der Waals surface area contributed by atoms with E-state index < -0.39 is 17.2 Å². The number of nitrogens with zero attached hydrogens (tertiary/aromatic N) is 4. The van der Waals surface area contributed by atoms with Crippen LogP contribution in [-0.4, -0.2) is 47.3 Å². The van der Waals surface area contributed by atoms with Crippen LogP contribution >= 0.6 is 0 Å². The van der Waals surface area contributed by atoms with Gasteiger partial charge in [0, 0.05) is 33.0 Å². The Balaban J connectivity index is 2.08. The lowest BCUT2D eigenvalue weighted by Gasteiger charge is -2.28. The molecule has 3 N–H and O–H groups in total. The highest BCUT2D eigenvalue weighted by atomic mass is 16.5. The van der Waals surface area contributed by atoms with E-state index in [0.29, 0.717) is 18.7 Å². The molecule has 0 fully saturated rings. The number of anilines is 3. The molecule has 1 aliphatic heterocycles. The number of amides is 2. The van der Waals surface area contributed by atoms with Gasteiger partial charge in [-0.25, -0.2) is 9.80 Å². The molecule has 1 aromatic heterocycles. The number of aromatic nitrogens is 2. The van der Waals surface area contributed by atoms with Crippen LogP contribution in [0.3, 0.4) is 0 Å². The Hall–Kier alpha value is -3.73. The van der Waals surface area contributed by atoms with Gasteiger partial charge in [0.15, 0.2) is 5.69 Å². The maximum Gasteiger partial charge on any atom is 0.330 e. The van der Waals surface area contributed by atoms with E-state index in [-0.39, 0.29) is 49.1 Å². The molecule has 2 heterocycles. The third-order valence-electron chi connectivity index (χ3n) is 5.86. The number of nitrogen functional groups attached to an aromatic ring is 1. The first kappa shape index (κ1) is 25.9. The topological polar surface area (TPSA) is 143 Å². The maximum absolute atomic E-state index is 13.7. The van der Waals surface area contributed by atoms with Gasteiger partial charge in [0.1, 0.15) is 11.5 Å². The molecule has 1 aliphatic rings. The third-order valence-corrected chi connectivity index (χ3v) is 5.86. The van der Waals surface area contributed by atoms with Crippen molar-refractivity contribution in [2.45, 2.75) is 53.0 Å². The predicted molar refractivity (Wildman–Crippen MR) is 135 cm³/mol. The summed E-state index contributed by atoms with van der Waals surface area (Å²) in [7, 11) is 1.47. The van der Waals surface area contributed by atoms with Gasteiger partial charge in [-0.3, -0.25) is 28.8 Å². The highest BCUT2D eigenvalue weighted by Crippen LogP contribution is 2.26. The number of ether oxygens (including phenoxy) is 1. The van der Waals surface area contributed by atoms with Crippen molar-refractivity contribution >= 4 is 34.7 Å². The lowest BCUT2D eigenvalue weighted by molar-refractivity contribution is -0.118. The highest BCUT2D eigenvalue weighted by Gasteiger charge is 2.32. The zero-order valence-electron chi connectivity index (χ0n) is 20.6. The number of hydrazone groups is 1. The molecule has 3 rings (SSSR count). The van der Waals surface area contributed by atoms with E-state index in [1.54, 1.807) is 0 Å². The molecule has 0 aliphatic carbocycles. The fourth-order valence-electron chi connectivity index (χ4n) is 3.87. The summed E-state index contributed by atoms with van der Waals surface area (Å²) in [6, 6.07) is 5.64. The number of nitrogens with two attached hydrogens (primary N) is 1. The van der Waals surface area contributed by atoms with E-state index in [1.807, 2.05) is 39.0 Å². The molecule has 2 aromatic rings. The Morgan fingerprint density at radius 1 is 1.23 bits per heavy atom. The molecule has 188 valence electrons. The number of unbranched alkanes of at least 4 members (excludes halogenated alkanes) is 1. The van der Waals surface area contributed by atoms with Crippen LogP contribution in [0.4, 0.5) is 17.2 Å². The van der Waals surface area contributed by atoms with Crippen LogP contribution < -0.4 is 26.9 Å². The second kappa shape index (κ2) is 11.1. The summed E-state index contributed by atoms with van der Waals surface area (Å²) >= 11 is 0. The average molecular weight is 485 g/mol. The van der Waals surface area contributed by atoms with Crippen LogP contribution in [0.2, 0.25) is 0 Å². The minimum absolute atomic E-state index is 0.00499. The van der Waals surface area contributed by atoms with Gasteiger partial charge in [-0.15, -0.1) is 0 Å². The van der Waals surface area contributed by atoms with Crippen molar-refractivity contribution in [2.75, 3.05) is 35.9 Å². The van der Waals surface area contributed by atoms with Gasteiger partial charge in [-0.2, -0.15) is 5.10 Å². The molecule has 0 saturated carbocycles. The summed E-state index contributed by atoms with van der Waals surface area (Å²) in [5, 5.41) is 5.62. The van der Waals surface area contributed by atoms with Crippen molar-refractivity contribution < 1.29 is 14.3 Å². The summed E-state index contributed by atoms with van der Waals surface area (Å²) in [6.07, 6.45) is 1.67. The Bertz CT molecular complexity index is 1260. The van der Waals surface area contributed by atoms with Gasteiger partial charge in [0.25, 0.3) is 11.5 Å². The fourth-order valence-corrected chi connectivity index (χ4v) is 3.87. The zero-order valence-corrected chi connectivity index (χ0v) is 20.6. The molecule has 0 atom stereocenters. The van der Waals surface area contributed by atoms with Crippen LogP contribution in [-0.2, 0) is 20.9 Å². The van der Waals surface area contributed by atoms with Crippen molar-refractivity contribution in [1.29, 1.82) is 0 Å². The molecule has 0 spiro atoms. The molecular formula is C24H32N6O5. The highest BCUT2D eigenvalue weighted by molar-refractivity contribution is 6.45. The minimum Gasteiger partial charge on any atom is -0.383 e. The molecule has 35 heavy (non-hydrogen) atoms. The van der Waals surface area contributed by atoms with E-state index >= 15 is 0 Å². The average Bonchev–Trinajstić information content (AvgIpc) is 2.82. The van der Waals surface area contributed by atoms with Crippen molar-refractivity contribution in [3.63, 3.8) is 0 Å². The number of carbonyl (C=O) groups excluding carboxylic acids is 2. The van der Waals surface area contributed by atoms with Gasteiger partial charge >= 0.3 is 5.69 Å². The van der Waals surface area contributed by atoms with Gasteiger partial charge in [0.2, 0.25) is 5.91 Å². The minimum atomic E-state index is -0.774. The Labute approximate surface area is 203 Å². The van der Waals surface area contributed by atoms with Crippen molar-refractivity contribution in [1.82, 2.24) is 9.55 Å². The second-order valence-electron chi connectivity index (χ2n) is 8.49. The number of benzene rings is 1. The molecule has 11 nitrogen and oxygen atoms in total. The predicted octanol–water partition coefficient (Wildman–Crippen LogP) is 1.70. The van der Waals surface area contributed by atoms with E-state index in [0.717, 1.165) is 17.5 Å². The van der Waals surface area contributed by atoms with E-state index in [2.05, 4.69) is 10.1 Å². The van der Waals surface area contributed by atoms with Crippen molar-refractivity contribution in [3.8, 4) is 0 Å². The number of rotatable bonds is 9. The zero-order chi connectivity index (χ0) is 25.7. The number of nitrogens with one attached hydrogen (secondary N) is 1. The molecule has 11 heteroatoms. The molecule has 1 aromatic carbocycles. The summed E-state index contributed by atoms with van der Waals surface area (Å²) in [5.41, 5.74) is 7.18. The number of methoxy groups -OCH3 is 1. The monoisotopic (exact) mass is 484 g/mol. The molecule has 0 bridgehead atoms. The third kappa shape index (κ3) is 5.51. The first-order chi connectivity index (χ1) is 16.7. The van der Waals surface area contributed by atoms with E-state index in [9.17, 15) is 19.2 Å². The number of aryl methyl sites for hydroxylation is 2. The largest absolute Gasteiger partial charge is 0.383 e. The van der Waals surface area contributed by atoms with Gasteiger partial charge in [-0.05, 0) is 37.5 Å². The van der Waals surface area contributed by atoms with Crippen LogP contribution in [0.5, 0.6) is 0 Å². The molecule has 0 unspecified atom stereocenters. The summed E-state index contributed by atoms with van der Waals surface area (Å²) < 4.78 is 6.40. The molecular weight excluding hydrogens is 452 g/mol. The van der Waals surface area contributed by atoms with Gasteiger partial charge in [0.05, 0.1) is 12.3 Å². The lowest BCUT2D eigenvalue weighted by Crippen LogP contribution is -2.47. The van der Waals surface area contributed by atoms with Crippen molar-refractivity contribution in [3.05, 3.63) is 50.2 Å². The number of H-pyrrole nitrogens is 1. The Morgan fingerprint density at radius 3 is 2.66 bits per heavy atom. The van der Waals surface area contributed by atoms with Crippen LogP contribution in [0, 0.1) is 13.8 Å². The number of hydrogen-bond donors (Lipinski definition) is 2. The van der Waals surface area contributed by atoms with Crippen LogP contribution in [0.15, 0.2) is 32.9 Å². The quantitative estimate of drug-likeness (QED) is 0.554. The van der Waals surface area contributed by atoms with Gasteiger partial charge in [-0.1, -0.05) is 25.5 Å². The normalized spacial score (nSPS) is 13.7. The SMILES string of the molecule is CCCCn1c(N)c(N(CCOC)C(=O)C2=NN(c3cc(C)ccc3C)C(=O)CC2)c(=O)[nH]c1=O. The summed E-state index contributed by atoms with van der Waals surface area (Å²) in [5.74, 6) is -0.914. The van der Waals surface area contributed by atoms with E-state index in [1.165, 1.54) is 21.6 Å². The first-order valence-electron chi connectivity index (χ1n) is 11.6. The number of carbonyl (C=O) groups is 2. The molecule has 0 radical (unpaired) electrons. The second-order valence-corrected chi connectivity index (χ2v) is 8.49. The Morgan fingerprint density at radius 2 is 1.97 bits per heavy atom. The maximum atomic E-state index is 13.7. The fraction of sp³-hybridized carbons (Fsp3) is 0.458. The summed E-state index contributed by atoms with van der Waals surface area (Å²) in [4.78, 5) is 55.0. The van der Waals surface area contributed by atoms with E-state index in [4.69, 9.17) is 10.5 Å².